The summed E-state index contributed by atoms with van der Waals surface area (Å²) in [6.07, 6.45) is 0. The topological polar surface area (TPSA) is 3.24 Å². The fraction of sp³-hybridized carbons (Fsp3) is 0. The van der Waals surface area contributed by atoms with Crippen molar-refractivity contribution in [3.8, 4) is 66.8 Å². The largest absolute Gasteiger partial charge is 0.310 e. The van der Waals surface area contributed by atoms with Crippen LogP contribution in [-0.2, 0) is 0 Å². The van der Waals surface area contributed by atoms with Crippen LogP contribution in [0.5, 0.6) is 0 Å². The molecular formula is C42H27N. The predicted octanol–water partition coefficient (Wildman–Crippen LogP) is 11.8. The smallest absolute Gasteiger partial charge is 0.0546 e. The van der Waals surface area contributed by atoms with Gasteiger partial charge >= 0.3 is 0 Å². The number of benzene rings is 7. The molecule has 43 heavy (non-hydrogen) atoms. The van der Waals surface area contributed by atoms with Gasteiger partial charge in [-0.05, 0) is 86.0 Å². The van der Waals surface area contributed by atoms with E-state index in [-0.39, 0.29) is 0 Å². The summed E-state index contributed by atoms with van der Waals surface area (Å²) in [5.74, 6) is 0. The molecule has 0 N–H and O–H groups in total. The molecule has 7 aromatic carbocycles. The van der Waals surface area contributed by atoms with E-state index in [1.54, 1.807) is 0 Å². The van der Waals surface area contributed by atoms with Gasteiger partial charge in [0, 0.05) is 22.5 Å². The first-order chi connectivity index (χ1) is 21.4. The maximum absolute atomic E-state index is 2.43. The molecule has 0 aliphatic heterocycles. The molecule has 2 aliphatic carbocycles. The normalized spacial score (nSPS) is 11.7. The monoisotopic (exact) mass is 545 g/mol. The second-order valence-electron chi connectivity index (χ2n) is 11.3. The van der Waals surface area contributed by atoms with Crippen molar-refractivity contribution in [2.75, 3.05) is 4.90 Å². The van der Waals surface area contributed by atoms with E-state index in [9.17, 15) is 0 Å². The van der Waals surface area contributed by atoms with Crippen molar-refractivity contribution in [2.24, 2.45) is 0 Å². The molecule has 200 valence electrons. The first kappa shape index (κ1) is 24.0. The molecule has 2 aliphatic rings. The van der Waals surface area contributed by atoms with E-state index in [0.29, 0.717) is 0 Å². The Morgan fingerprint density at radius 2 is 0.698 bits per heavy atom. The first-order valence-corrected chi connectivity index (χ1v) is 14.9. The standard InChI is InChI=1S/C42H27N/c1-3-12-28(13-4-1)29-24-26-31(27-25-29)43(30-14-5-2-6-15-30)39-23-11-22-38-36-20-10-19-35-37-21-9-18-34(41(37)42(38)39)32-16-7-8-17-33(32)40(35)36/h1-27H. The zero-order valence-electron chi connectivity index (χ0n) is 23.5. The van der Waals surface area contributed by atoms with E-state index < -0.39 is 0 Å². The molecule has 9 rings (SSSR count). The van der Waals surface area contributed by atoms with Crippen LogP contribution in [-0.4, -0.2) is 0 Å². The van der Waals surface area contributed by atoms with Crippen molar-refractivity contribution in [1.82, 2.24) is 0 Å². The van der Waals surface area contributed by atoms with Crippen LogP contribution >= 0.6 is 0 Å². The van der Waals surface area contributed by atoms with E-state index in [4.69, 9.17) is 0 Å². The van der Waals surface area contributed by atoms with Crippen molar-refractivity contribution >= 4 is 17.1 Å². The van der Waals surface area contributed by atoms with Gasteiger partial charge in [-0.15, -0.1) is 0 Å². The zero-order valence-corrected chi connectivity index (χ0v) is 23.5. The van der Waals surface area contributed by atoms with E-state index in [1.165, 1.54) is 72.4 Å². The summed E-state index contributed by atoms with van der Waals surface area (Å²) in [6.45, 7) is 0. The average Bonchev–Trinajstić information content (AvgIpc) is 3.19. The second-order valence-corrected chi connectivity index (χ2v) is 11.3. The van der Waals surface area contributed by atoms with Crippen molar-refractivity contribution in [1.29, 1.82) is 0 Å². The highest BCUT2D eigenvalue weighted by molar-refractivity contribution is 6.17. The molecule has 0 radical (unpaired) electrons. The third-order valence-corrected chi connectivity index (χ3v) is 8.98. The quantitative estimate of drug-likeness (QED) is 0.213. The van der Waals surface area contributed by atoms with Crippen LogP contribution in [0.3, 0.4) is 0 Å². The van der Waals surface area contributed by atoms with Crippen LogP contribution < -0.4 is 4.90 Å². The molecule has 1 heteroatoms. The highest BCUT2D eigenvalue weighted by atomic mass is 15.1. The van der Waals surface area contributed by atoms with Crippen molar-refractivity contribution in [3.63, 3.8) is 0 Å². The molecule has 0 saturated heterocycles. The van der Waals surface area contributed by atoms with Gasteiger partial charge < -0.3 is 4.90 Å². The number of rotatable bonds is 4. The number of nitrogens with zero attached hydrogens (tertiary/aromatic N) is 1. The van der Waals surface area contributed by atoms with Gasteiger partial charge in [0.25, 0.3) is 0 Å². The summed E-state index contributed by atoms with van der Waals surface area (Å²) in [5, 5.41) is 0. The van der Waals surface area contributed by atoms with E-state index in [1.807, 2.05) is 0 Å². The molecular weight excluding hydrogens is 518 g/mol. The minimum Gasteiger partial charge on any atom is -0.310 e. The molecule has 0 atom stereocenters. The fourth-order valence-electron chi connectivity index (χ4n) is 7.15. The highest BCUT2D eigenvalue weighted by Gasteiger charge is 2.33. The van der Waals surface area contributed by atoms with Gasteiger partial charge in [-0.1, -0.05) is 133 Å². The van der Waals surface area contributed by atoms with E-state index >= 15 is 0 Å². The number of anilines is 3. The number of hydrogen-bond acceptors (Lipinski definition) is 1. The molecule has 0 unspecified atom stereocenters. The molecule has 0 fully saturated rings. The van der Waals surface area contributed by atoms with Gasteiger partial charge in [0.2, 0.25) is 0 Å². The Morgan fingerprint density at radius 1 is 0.256 bits per heavy atom. The Balaban J connectivity index is 1.35. The average molecular weight is 546 g/mol. The van der Waals surface area contributed by atoms with Crippen molar-refractivity contribution in [3.05, 3.63) is 164 Å². The Bertz CT molecular complexity index is 2140. The van der Waals surface area contributed by atoms with E-state index in [2.05, 4.69) is 169 Å². The maximum Gasteiger partial charge on any atom is 0.0546 e. The molecule has 0 aromatic heterocycles. The summed E-state index contributed by atoms with van der Waals surface area (Å²) >= 11 is 0. The predicted molar refractivity (Wildman–Crippen MR) is 181 cm³/mol. The van der Waals surface area contributed by atoms with Gasteiger partial charge in [-0.25, -0.2) is 0 Å². The van der Waals surface area contributed by atoms with Gasteiger partial charge in [-0.3, -0.25) is 0 Å². The molecule has 0 saturated carbocycles. The zero-order chi connectivity index (χ0) is 28.3. The lowest BCUT2D eigenvalue weighted by Crippen LogP contribution is -2.12. The number of hydrogen-bond donors (Lipinski definition) is 0. The maximum atomic E-state index is 2.43. The minimum atomic E-state index is 1.13. The van der Waals surface area contributed by atoms with Crippen LogP contribution in [0.1, 0.15) is 0 Å². The van der Waals surface area contributed by atoms with Crippen LogP contribution in [0, 0.1) is 0 Å². The lowest BCUT2D eigenvalue weighted by molar-refractivity contribution is 1.28. The molecule has 0 amide bonds. The third kappa shape index (κ3) is 3.58. The molecule has 6 bridgehead atoms. The second kappa shape index (κ2) is 9.44. The van der Waals surface area contributed by atoms with Gasteiger partial charge in [0.05, 0.1) is 5.69 Å². The minimum absolute atomic E-state index is 1.13. The number of para-hydroxylation sites is 1. The molecule has 7 aromatic rings. The van der Waals surface area contributed by atoms with E-state index in [0.717, 1.165) is 11.4 Å². The van der Waals surface area contributed by atoms with Crippen LogP contribution in [0.15, 0.2) is 164 Å². The lowest BCUT2D eigenvalue weighted by Gasteiger charge is -2.30. The van der Waals surface area contributed by atoms with Crippen LogP contribution in [0.4, 0.5) is 17.1 Å². The Hall–Kier alpha value is -5.66. The summed E-state index contributed by atoms with van der Waals surface area (Å²) < 4.78 is 0. The highest BCUT2D eigenvalue weighted by Crippen LogP contribution is 2.59. The SMILES string of the molecule is c1ccc(-c2ccc(N(c3ccccc3)c3cccc4c3-c3c5cccc3-c3cccc-4c3-c3ccccc3-5)cc2)cc1. The van der Waals surface area contributed by atoms with Crippen LogP contribution in [0.2, 0.25) is 0 Å². The fourth-order valence-corrected chi connectivity index (χ4v) is 7.15. The lowest BCUT2D eigenvalue weighted by atomic mass is 9.83. The molecule has 0 heterocycles. The summed E-state index contributed by atoms with van der Waals surface area (Å²) in [6, 6.07) is 59.7. The molecule has 0 spiro atoms. The van der Waals surface area contributed by atoms with Crippen LogP contribution in [0.25, 0.3) is 66.8 Å². The number of fused-ring (bicyclic) bond motifs is 4. The summed E-state index contributed by atoms with van der Waals surface area (Å²) in [7, 11) is 0. The summed E-state index contributed by atoms with van der Waals surface area (Å²) in [5.41, 5.74) is 18.9. The molecule has 1 nitrogen and oxygen atoms in total. The van der Waals surface area contributed by atoms with Crippen molar-refractivity contribution in [2.45, 2.75) is 0 Å². The van der Waals surface area contributed by atoms with Gasteiger partial charge in [0.1, 0.15) is 0 Å². The Labute approximate surface area is 252 Å². The van der Waals surface area contributed by atoms with Gasteiger partial charge in [-0.2, -0.15) is 0 Å². The summed E-state index contributed by atoms with van der Waals surface area (Å²) in [4.78, 5) is 2.43. The Kier molecular flexibility index (Phi) is 5.27. The third-order valence-electron chi connectivity index (χ3n) is 8.98. The van der Waals surface area contributed by atoms with Gasteiger partial charge in [0.15, 0.2) is 0 Å². The Morgan fingerprint density at radius 3 is 1.37 bits per heavy atom. The van der Waals surface area contributed by atoms with Crippen molar-refractivity contribution < 1.29 is 0 Å². The first-order valence-electron chi connectivity index (χ1n) is 14.9.